The number of hydrogen-bond donors (Lipinski definition) is 1. The van der Waals surface area contributed by atoms with E-state index in [4.69, 9.17) is 4.42 Å². The van der Waals surface area contributed by atoms with Crippen molar-refractivity contribution in [2.24, 2.45) is 0 Å². The van der Waals surface area contributed by atoms with E-state index in [0.29, 0.717) is 12.1 Å². The van der Waals surface area contributed by atoms with E-state index in [9.17, 15) is 0 Å². The molecule has 3 heteroatoms. The van der Waals surface area contributed by atoms with Gasteiger partial charge in [-0.2, -0.15) is 0 Å². The standard InChI is InChI=1S/C14H24N2O/c1-3-13(14-7-6-10-17-14)15-12(2)11-16-8-4-5-9-16/h6-7,10,12-13,15H,3-5,8-9,11H2,1-2H3. The summed E-state index contributed by atoms with van der Waals surface area (Å²) in [5.41, 5.74) is 0. The molecule has 2 rings (SSSR count). The summed E-state index contributed by atoms with van der Waals surface area (Å²) in [5, 5.41) is 3.66. The van der Waals surface area contributed by atoms with Gasteiger partial charge in [0.05, 0.1) is 12.3 Å². The molecular formula is C14H24N2O. The molecule has 17 heavy (non-hydrogen) atoms. The van der Waals surface area contributed by atoms with Crippen LogP contribution in [0.3, 0.4) is 0 Å². The van der Waals surface area contributed by atoms with Crippen LogP contribution in [0.15, 0.2) is 22.8 Å². The molecule has 2 heterocycles. The predicted molar refractivity (Wildman–Crippen MR) is 70.0 cm³/mol. The molecule has 1 aromatic rings. The van der Waals surface area contributed by atoms with Gasteiger partial charge >= 0.3 is 0 Å². The summed E-state index contributed by atoms with van der Waals surface area (Å²) >= 11 is 0. The van der Waals surface area contributed by atoms with Gasteiger partial charge in [0.2, 0.25) is 0 Å². The molecule has 1 aromatic heterocycles. The maximum Gasteiger partial charge on any atom is 0.120 e. The fraction of sp³-hybridized carbons (Fsp3) is 0.714. The first kappa shape index (κ1) is 12.7. The number of likely N-dealkylation sites (tertiary alicyclic amines) is 1. The van der Waals surface area contributed by atoms with Gasteiger partial charge in [-0.15, -0.1) is 0 Å². The van der Waals surface area contributed by atoms with E-state index in [1.807, 2.05) is 6.07 Å². The molecule has 3 nitrogen and oxygen atoms in total. The Morgan fingerprint density at radius 1 is 1.41 bits per heavy atom. The van der Waals surface area contributed by atoms with Crippen LogP contribution >= 0.6 is 0 Å². The van der Waals surface area contributed by atoms with Crippen LogP contribution < -0.4 is 5.32 Å². The molecule has 96 valence electrons. The summed E-state index contributed by atoms with van der Waals surface area (Å²) in [6.45, 7) is 8.15. The lowest BCUT2D eigenvalue weighted by atomic mass is 10.1. The van der Waals surface area contributed by atoms with E-state index in [-0.39, 0.29) is 0 Å². The van der Waals surface area contributed by atoms with E-state index in [2.05, 4.69) is 30.1 Å². The molecule has 0 saturated carbocycles. The second-order valence-corrected chi connectivity index (χ2v) is 5.05. The SMILES string of the molecule is CCC(NC(C)CN1CCCC1)c1ccco1. The first-order chi connectivity index (χ1) is 8.29. The smallest absolute Gasteiger partial charge is 0.120 e. The van der Waals surface area contributed by atoms with Crippen molar-refractivity contribution < 1.29 is 4.42 Å². The summed E-state index contributed by atoms with van der Waals surface area (Å²) in [4.78, 5) is 2.55. The number of furan rings is 1. The molecular weight excluding hydrogens is 212 g/mol. The lowest BCUT2D eigenvalue weighted by Gasteiger charge is -2.25. The molecule has 0 aromatic carbocycles. The lowest BCUT2D eigenvalue weighted by Crippen LogP contribution is -2.39. The third-order valence-electron chi connectivity index (χ3n) is 3.51. The zero-order valence-corrected chi connectivity index (χ0v) is 11.0. The highest BCUT2D eigenvalue weighted by atomic mass is 16.3. The van der Waals surface area contributed by atoms with Crippen LogP contribution in [0.2, 0.25) is 0 Å². The van der Waals surface area contributed by atoms with Gasteiger partial charge in [0.25, 0.3) is 0 Å². The maximum atomic E-state index is 5.48. The van der Waals surface area contributed by atoms with E-state index in [1.165, 1.54) is 25.9 Å². The van der Waals surface area contributed by atoms with Crippen LogP contribution in [0.5, 0.6) is 0 Å². The highest BCUT2D eigenvalue weighted by Gasteiger charge is 2.18. The summed E-state index contributed by atoms with van der Waals surface area (Å²) in [7, 11) is 0. The molecule has 0 amide bonds. The summed E-state index contributed by atoms with van der Waals surface area (Å²) in [6.07, 6.45) is 5.55. The predicted octanol–water partition coefficient (Wildman–Crippen LogP) is 2.80. The van der Waals surface area contributed by atoms with Crippen molar-refractivity contribution >= 4 is 0 Å². The van der Waals surface area contributed by atoms with Gasteiger partial charge in [-0.3, -0.25) is 0 Å². The van der Waals surface area contributed by atoms with Crippen molar-refractivity contribution in [2.45, 2.75) is 45.2 Å². The average Bonchev–Trinajstić information content (AvgIpc) is 2.97. The fourth-order valence-electron chi connectivity index (χ4n) is 2.64. The van der Waals surface area contributed by atoms with Crippen molar-refractivity contribution in [1.82, 2.24) is 10.2 Å². The molecule has 1 N–H and O–H groups in total. The van der Waals surface area contributed by atoms with E-state index >= 15 is 0 Å². The van der Waals surface area contributed by atoms with Crippen LogP contribution in [-0.4, -0.2) is 30.6 Å². The van der Waals surface area contributed by atoms with Crippen molar-refractivity contribution in [2.75, 3.05) is 19.6 Å². The summed E-state index contributed by atoms with van der Waals surface area (Å²) in [6, 6.07) is 4.89. The molecule has 1 aliphatic heterocycles. The highest BCUT2D eigenvalue weighted by molar-refractivity contribution is 5.04. The highest BCUT2D eigenvalue weighted by Crippen LogP contribution is 2.18. The van der Waals surface area contributed by atoms with Gasteiger partial charge in [-0.25, -0.2) is 0 Å². The zero-order valence-electron chi connectivity index (χ0n) is 11.0. The van der Waals surface area contributed by atoms with Crippen molar-refractivity contribution in [3.8, 4) is 0 Å². The van der Waals surface area contributed by atoms with Gasteiger partial charge in [0.15, 0.2) is 0 Å². The van der Waals surface area contributed by atoms with Gasteiger partial charge in [0, 0.05) is 12.6 Å². The van der Waals surface area contributed by atoms with Crippen molar-refractivity contribution in [3.63, 3.8) is 0 Å². The topological polar surface area (TPSA) is 28.4 Å². The molecule has 2 unspecified atom stereocenters. The lowest BCUT2D eigenvalue weighted by molar-refractivity contribution is 0.275. The Morgan fingerprint density at radius 2 is 2.18 bits per heavy atom. The molecule has 1 saturated heterocycles. The first-order valence-electron chi connectivity index (χ1n) is 6.81. The maximum absolute atomic E-state index is 5.48. The second kappa shape index (κ2) is 6.22. The number of nitrogens with one attached hydrogen (secondary N) is 1. The minimum Gasteiger partial charge on any atom is -0.468 e. The van der Waals surface area contributed by atoms with E-state index in [0.717, 1.165) is 18.7 Å². The van der Waals surface area contributed by atoms with Crippen LogP contribution in [-0.2, 0) is 0 Å². The van der Waals surface area contributed by atoms with Crippen molar-refractivity contribution in [3.05, 3.63) is 24.2 Å². The van der Waals surface area contributed by atoms with Crippen LogP contribution in [0.25, 0.3) is 0 Å². The normalized spacial score (nSPS) is 20.6. The molecule has 0 bridgehead atoms. The Hall–Kier alpha value is -0.800. The van der Waals surface area contributed by atoms with E-state index < -0.39 is 0 Å². The number of nitrogens with zero attached hydrogens (tertiary/aromatic N) is 1. The van der Waals surface area contributed by atoms with Crippen LogP contribution in [0.1, 0.15) is 44.9 Å². The minimum atomic E-state index is 0.350. The third kappa shape index (κ3) is 3.58. The monoisotopic (exact) mass is 236 g/mol. The molecule has 1 aliphatic rings. The molecule has 0 radical (unpaired) electrons. The Morgan fingerprint density at radius 3 is 2.76 bits per heavy atom. The third-order valence-corrected chi connectivity index (χ3v) is 3.51. The molecule has 0 aliphatic carbocycles. The van der Waals surface area contributed by atoms with Gasteiger partial charge in [-0.1, -0.05) is 6.92 Å². The minimum absolute atomic E-state index is 0.350. The zero-order chi connectivity index (χ0) is 12.1. The second-order valence-electron chi connectivity index (χ2n) is 5.05. The van der Waals surface area contributed by atoms with Gasteiger partial charge < -0.3 is 14.6 Å². The average molecular weight is 236 g/mol. The summed E-state index contributed by atoms with van der Waals surface area (Å²) < 4.78 is 5.48. The van der Waals surface area contributed by atoms with Crippen LogP contribution in [0, 0.1) is 0 Å². The number of rotatable bonds is 6. The van der Waals surface area contributed by atoms with E-state index in [1.54, 1.807) is 6.26 Å². The van der Waals surface area contributed by atoms with Crippen molar-refractivity contribution in [1.29, 1.82) is 0 Å². The Kier molecular flexibility index (Phi) is 4.63. The first-order valence-corrected chi connectivity index (χ1v) is 6.81. The van der Waals surface area contributed by atoms with Gasteiger partial charge in [0.1, 0.15) is 5.76 Å². The molecule has 1 fully saturated rings. The Balaban J connectivity index is 1.81. The number of hydrogen-bond acceptors (Lipinski definition) is 3. The summed E-state index contributed by atoms with van der Waals surface area (Å²) in [5.74, 6) is 1.06. The van der Waals surface area contributed by atoms with Gasteiger partial charge in [-0.05, 0) is 51.4 Å². The Labute approximate surface area is 104 Å². The molecule has 2 atom stereocenters. The Bertz CT molecular complexity index is 304. The largest absolute Gasteiger partial charge is 0.468 e. The molecule has 0 spiro atoms. The van der Waals surface area contributed by atoms with Crippen LogP contribution in [0.4, 0.5) is 0 Å². The fourth-order valence-corrected chi connectivity index (χ4v) is 2.64. The quantitative estimate of drug-likeness (QED) is 0.823.